The zero-order valence-corrected chi connectivity index (χ0v) is 23.1. The van der Waals surface area contributed by atoms with Crippen LogP contribution in [0, 0.1) is 11.6 Å². The molecule has 1 aliphatic carbocycles. The Kier molecular flexibility index (Phi) is 8.81. The van der Waals surface area contributed by atoms with Crippen molar-refractivity contribution in [1.82, 2.24) is 9.88 Å². The van der Waals surface area contributed by atoms with Gasteiger partial charge in [-0.05, 0) is 57.4 Å². The smallest absolute Gasteiger partial charge is 0.341 e. The topological polar surface area (TPSA) is 147 Å². The van der Waals surface area contributed by atoms with Crippen molar-refractivity contribution in [2.45, 2.75) is 58.2 Å². The molecule has 5 rings (SSSR count). The Hall–Kier alpha value is -4.19. The van der Waals surface area contributed by atoms with E-state index in [-0.39, 0.29) is 41.0 Å². The molecule has 41 heavy (non-hydrogen) atoms. The van der Waals surface area contributed by atoms with Gasteiger partial charge in [0.15, 0.2) is 11.6 Å². The minimum atomic E-state index is -1.45. The Morgan fingerprint density at radius 1 is 1.10 bits per heavy atom. The molecule has 2 atom stereocenters. The number of aromatic nitrogens is 1. The molecule has 1 aromatic heterocycles. The second-order valence-electron chi connectivity index (χ2n) is 10.5. The van der Waals surface area contributed by atoms with Crippen molar-refractivity contribution >= 4 is 34.2 Å². The first-order chi connectivity index (χ1) is 19.4. The van der Waals surface area contributed by atoms with Crippen LogP contribution in [0.5, 0.6) is 5.75 Å². The van der Waals surface area contributed by atoms with Gasteiger partial charge in [-0.3, -0.25) is 4.79 Å². The van der Waals surface area contributed by atoms with Crippen molar-refractivity contribution in [3.63, 3.8) is 0 Å². The van der Waals surface area contributed by atoms with E-state index in [9.17, 15) is 19.5 Å². The number of nitrogens with zero attached hydrogens (tertiary/aromatic N) is 2. The molecule has 0 unspecified atom stereocenters. The summed E-state index contributed by atoms with van der Waals surface area (Å²) in [6, 6.07) is 5.89. The largest absolute Gasteiger partial charge is 0.508 e. The molecule has 5 N–H and O–H groups in total. The third-order valence-electron chi connectivity index (χ3n) is 6.95. The number of ether oxygens (including phenoxy) is 1. The molecule has 2 aromatic carbocycles. The van der Waals surface area contributed by atoms with Crippen LogP contribution < -0.4 is 21.4 Å². The number of anilines is 2. The van der Waals surface area contributed by atoms with Gasteiger partial charge in [-0.1, -0.05) is 6.92 Å². The number of aromatic carboxylic acids is 1. The molecule has 220 valence electrons. The maximum absolute atomic E-state index is 15.6. The number of esters is 1. The number of aromatic hydroxyl groups is 1. The molecule has 10 nitrogen and oxygen atoms in total. The Labute approximate surface area is 235 Å². The van der Waals surface area contributed by atoms with Crippen molar-refractivity contribution in [2.75, 3.05) is 30.3 Å². The summed E-state index contributed by atoms with van der Waals surface area (Å²) in [5.74, 6) is -3.54. The molecule has 2 aliphatic rings. The summed E-state index contributed by atoms with van der Waals surface area (Å²) in [5.41, 5.74) is 4.00. The zero-order valence-electron chi connectivity index (χ0n) is 23.1. The average Bonchev–Trinajstić information content (AvgIpc) is 3.76. The summed E-state index contributed by atoms with van der Waals surface area (Å²) in [5, 5.41) is 21.2. The number of phenolic OH excluding ortho intramolecular Hbond substituents is 1. The van der Waals surface area contributed by atoms with Gasteiger partial charge in [-0.15, -0.1) is 0 Å². The predicted molar refractivity (Wildman–Crippen MR) is 151 cm³/mol. The number of carboxylic acid groups (broad SMARTS) is 1. The number of carbonyl (C=O) groups excluding carboxylic acids is 1. The molecule has 12 heteroatoms. The number of rotatable bonds is 6. The van der Waals surface area contributed by atoms with Crippen LogP contribution in [0.4, 0.5) is 20.2 Å². The lowest BCUT2D eigenvalue weighted by Crippen LogP contribution is -2.54. The monoisotopic (exact) mass is 572 g/mol. The van der Waals surface area contributed by atoms with Crippen molar-refractivity contribution in [3.05, 3.63) is 63.4 Å². The van der Waals surface area contributed by atoms with Gasteiger partial charge in [-0.25, -0.2) is 18.4 Å². The number of carbonyl (C=O) groups is 2. The fourth-order valence-electron chi connectivity index (χ4n) is 5.01. The van der Waals surface area contributed by atoms with E-state index in [1.54, 1.807) is 4.90 Å². The van der Waals surface area contributed by atoms with Crippen molar-refractivity contribution in [2.24, 2.45) is 0 Å². The molecular weight excluding hydrogens is 538 g/mol. The van der Waals surface area contributed by atoms with Crippen LogP contribution in [0.15, 0.2) is 35.3 Å². The highest BCUT2D eigenvalue weighted by atomic mass is 19.1. The first-order valence-corrected chi connectivity index (χ1v) is 13.5. The summed E-state index contributed by atoms with van der Waals surface area (Å²) in [6.07, 6.45) is 3.41. The van der Waals surface area contributed by atoms with Gasteiger partial charge < -0.3 is 35.5 Å². The van der Waals surface area contributed by atoms with Gasteiger partial charge >= 0.3 is 11.9 Å². The molecule has 0 bridgehead atoms. The number of fused-ring (bicyclic) bond motifs is 1. The van der Waals surface area contributed by atoms with E-state index >= 15 is 8.78 Å². The Morgan fingerprint density at radius 3 is 2.24 bits per heavy atom. The number of hydrogen-bond acceptors (Lipinski definition) is 8. The lowest BCUT2D eigenvalue weighted by atomic mass is 10.0. The maximum Gasteiger partial charge on any atom is 0.341 e. The number of piperazine rings is 1. The molecule has 1 saturated heterocycles. The number of pyridine rings is 1. The lowest BCUT2D eigenvalue weighted by Gasteiger charge is -2.38. The number of phenols is 1. The van der Waals surface area contributed by atoms with Crippen LogP contribution >= 0.6 is 0 Å². The highest BCUT2D eigenvalue weighted by Crippen LogP contribution is 2.41. The minimum Gasteiger partial charge on any atom is -0.508 e. The number of benzene rings is 2. The highest BCUT2D eigenvalue weighted by molar-refractivity contribution is 5.99. The Morgan fingerprint density at radius 2 is 1.71 bits per heavy atom. The number of hydrogen-bond donors (Lipinski definition) is 4. The van der Waals surface area contributed by atoms with Gasteiger partial charge in [0.1, 0.15) is 17.0 Å². The minimum absolute atomic E-state index is 0.0134. The molecule has 1 aliphatic heterocycles. The number of nitrogen functional groups attached to an aromatic ring is 1. The molecule has 2 heterocycles. The summed E-state index contributed by atoms with van der Waals surface area (Å²) in [4.78, 5) is 36.9. The number of halogens is 2. The lowest BCUT2D eigenvalue weighted by molar-refractivity contribution is 0.0504. The molecule has 1 saturated carbocycles. The Bertz CT molecular complexity index is 1510. The van der Waals surface area contributed by atoms with Crippen LogP contribution in [0.2, 0.25) is 0 Å². The Balaban J connectivity index is 0.000000251. The van der Waals surface area contributed by atoms with Crippen LogP contribution in [0.3, 0.4) is 0 Å². The normalized spacial score (nSPS) is 18.5. The van der Waals surface area contributed by atoms with E-state index < -0.39 is 39.7 Å². The molecule has 3 aromatic rings. The second-order valence-corrected chi connectivity index (χ2v) is 10.5. The van der Waals surface area contributed by atoms with Crippen LogP contribution in [-0.4, -0.2) is 58.5 Å². The van der Waals surface area contributed by atoms with E-state index in [1.165, 1.54) is 28.8 Å². The van der Waals surface area contributed by atoms with E-state index in [4.69, 9.17) is 15.6 Å². The van der Waals surface area contributed by atoms with Gasteiger partial charge in [-0.2, -0.15) is 0 Å². The molecule has 0 spiro atoms. The van der Waals surface area contributed by atoms with E-state index in [1.807, 2.05) is 20.8 Å². The fraction of sp³-hybridized carbons (Fsp3) is 0.414. The third kappa shape index (κ3) is 6.27. The van der Waals surface area contributed by atoms with Gasteiger partial charge in [0, 0.05) is 37.4 Å². The highest BCUT2D eigenvalue weighted by Gasteiger charge is 2.34. The summed E-state index contributed by atoms with van der Waals surface area (Å²) in [7, 11) is 0. The van der Waals surface area contributed by atoms with Crippen molar-refractivity contribution in [1.29, 1.82) is 0 Å². The van der Waals surface area contributed by atoms with E-state index in [2.05, 4.69) is 5.32 Å². The van der Waals surface area contributed by atoms with Crippen LogP contribution in [0.25, 0.3) is 10.9 Å². The second kappa shape index (κ2) is 12.1. The zero-order chi connectivity index (χ0) is 30.0. The average molecular weight is 573 g/mol. The first kappa shape index (κ1) is 29.8. The molecule has 2 fully saturated rings. The number of nitrogens with two attached hydrogens (primary N) is 1. The summed E-state index contributed by atoms with van der Waals surface area (Å²) >= 11 is 0. The SMILES string of the molecule is CCCOC(=O)c1ccc(O)cc1.C[C@@H]1CN(c2c(F)c(N)c3c(=O)c(C(=O)O)cn(C4CC4)c3c2F)C[C@H](C)N1. The van der Waals surface area contributed by atoms with Gasteiger partial charge in [0.25, 0.3) is 0 Å². The van der Waals surface area contributed by atoms with Gasteiger partial charge in [0.2, 0.25) is 5.43 Å². The van der Waals surface area contributed by atoms with Gasteiger partial charge in [0.05, 0.1) is 28.8 Å². The van der Waals surface area contributed by atoms with E-state index in [0.29, 0.717) is 25.3 Å². The third-order valence-corrected chi connectivity index (χ3v) is 6.95. The summed E-state index contributed by atoms with van der Waals surface area (Å²) in [6.45, 7) is 6.96. The fourth-order valence-corrected chi connectivity index (χ4v) is 5.01. The van der Waals surface area contributed by atoms with E-state index in [0.717, 1.165) is 25.5 Å². The molecule has 0 amide bonds. The maximum atomic E-state index is 15.6. The standard InChI is InChI=1S/C19H22F2N4O3.C10H12O3/c1-8-5-24(6-9(2)23-8)17-13(20)15(22)12-16(14(17)21)25(10-3-4-10)7-11(18(12)26)19(27)28;1-2-7-13-10(12)8-3-5-9(11)6-4-8/h7-10,23H,3-6,22H2,1-2H3,(H,27,28);3-6,11H,2,7H2,1H3/t8-,9+;. The molecule has 0 radical (unpaired) electrons. The predicted octanol–water partition coefficient (Wildman–Crippen LogP) is 4.04. The van der Waals surface area contributed by atoms with Crippen LogP contribution in [0.1, 0.15) is 66.8 Å². The van der Waals surface area contributed by atoms with Crippen LogP contribution in [-0.2, 0) is 4.74 Å². The number of carboxylic acids is 1. The van der Waals surface area contributed by atoms with Crippen molar-refractivity contribution < 1.29 is 33.3 Å². The first-order valence-electron chi connectivity index (χ1n) is 13.5. The number of nitrogens with one attached hydrogen (secondary N) is 1. The quantitative estimate of drug-likeness (QED) is 0.254. The summed E-state index contributed by atoms with van der Waals surface area (Å²) < 4.78 is 37.1. The van der Waals surface area contributed by atoms with Crippen molar-refractivity contribution in [3.8, 4) is 5.75 Å². The molecular formula is C29H34F2N4O6.